The number of carbonyl (C=O) groups excluding carboxylic acids is 1. The van der Waals surface area contributed by atoms with Gasteiger partial charge in [0.25, 0.3) is 5.91 Å². The number of aryl methyl sites for hydroxylation is 3. The number of hydrogen-bond acceptors (Lipinski definition) is 4. The summed E-state index contributed by atoms with van der Waals surface area (Å²) in [5, 5.41) is 5.21. The summed E-state index contributed by atoms with van der Waals surface area (Å²) in [5.41, 5.74) is 3.54. The first-order chi connectivity index (χ1) is 13.9. The fraction of sp³-hybridized carbons (Fsp3) is 0.409. The van der Waals surface area contributed by atoms with Crippen molar-refractivity contribution < 1.29 is 13.9 Å². The van der Waals surface area contributed by atoms with Gasteiger partial charge in [-0.05, 0) is 50.5 Å². The van der Waals surface area contributed by atoms with Crippen molar-refractivity contribution in [3.63, 3.8) is 0 Å². The third-order valence-corrected chi connectivity index (χ3v) is 5.32. The van der Waals surface area contributed by atoms with Crippen LogP contribution in [0.25, 0.3) is 11.0 Å². The number of aromatic nitrogens is 3. The summed E-state index contributed by atoms with van der Waals surface area (Å²) in [4.78, 5) is 20.0. The molecule has 152 valence electrons. The molecular weight excluding hydrogens is 371 g/mol. The molecule has 1 amide bonds. The Labute approximate surface area is 169 Å². The van der Waals surface area contributed by atoms with Crippen LogP contribution < -0.4 is 0 Å². The van der Waals surface area contributed by atoms with E-state index in [1.165, 1.54) is 12.1 Å². The number of amides is 1. The molecule has 3 heterocycles. The molecule has 0 spiro atoms. The number of hydrogen-bond donors (Lipinski definition) is 0. The molecule has 0 unspecified atom stereocenters. The number of benzene rings is 1. The fourth-order valence-corrected chi connectivity index (χ4v) is 4.02. The van der Waals surface area contributed by atoms with Crippen LogP contribution in [-0.4, -0.2) is 44.8 Å². The Morgan fingerprint density at radius 1 is 1.34 bits per heavy atom. The number of halogens is 1. The highest BCUT2D eigenvalue weighted by atomic mass is 19.1. The van der Waals surface area contributed by atoms with Gasteiger partial charge in [-0.15, -0.1) is 0 Å². The van der Waals surface area contributed by atoms with E-state index >= 15 is 0 Å². The van der Waals surface area contributed by atoms with Crippen LogP contribution in [0, 0.1) is 19.7 Å². The maximum absolute atomic E-state index is 13.7. The van der Waals surface area contributed by atoms with Gasteiger partial charge in [0.05, 0.1) is 22.7 Å². The minimum absolute atomic E-state index is 0.000861. The van der Waals surface area contributed by atoms with Crippen LogP contribution in [0.5, 0.6) is 0 Å². The Kier molecular flexibility index (Phi) is 5.32. The first-order valence-corrected chi connectivity index (χ1v) is 9.88. The van der Waals surface area contributed by atoms with Crippen molar-refractivity contribution in [3.8, 4) is 0 Å². The lowest BCUT2D eigenvalue weighted by Gasteiger charge is -2.26. The van der Waals surface area contributed by atoms with Crippen LogP contribution in [0.15, 0.2) is 30.3 Å². The van der Waals surface area contributed by atoms with E-state index in [1.54, 1.807) is 15.6 Å². The quantitative estimate of drug-likeness (QED) is 0.662. The Morgan fingerprint density at radius 2 is 2.17 bits per heavy atom. The predicted molar refractivity (Wildman–Crippen MR) is 108 cm³/mol. The molecule has 1 aliphatic rings. The lowest BCUT2D eigenvalue weighted by atomic mass is 10.1. The average molecular weight is 396 g/mol. The van der Waals surface area contributed by atoms with Crippen LogP contribution in [0.3, 0.4) is 0 Å². The number of fused-ring (bicyclic) bond motifs is 1. The van der Waals surface area contributed by atoms with Crippen molar-refractivity contribution in [1.82, 2.24) is 19.7 Å². The summed E-state index contributed by atoms with van der Waals surface area (Å²) in [6.07, 6.45) is 1.91. The van der Waals surface area contributed by atoms with Gasteiger partial charge in [0.2, 0.25) is 0 Å². The zero-order valence-corrected chi connectivity index (χ0v) is 17.0. The average Bonchev–Trinajstić information content (AvgIpc) is 3.28. The first kappa shape index (κ1) is 19.5. The molecule has 1 aromatic carbocycles. The van der Waals surface area contributed by atoms with Crippen molar-refractivity contribution >= 4 is 16.9 Å². The molecule has 2 aromatic heterocycles. The molecule has 6 nitrogen and oxygen atoms in total. The van der Waals surface area contributed by atoms with Crippen LogP contribution in [0.1, 0.15) is 40.2 Å². The van der Waals surface area contributed by atoms with Gasteiger partial charge in [-0.1, -0.05) is 12.1 Å². The minimum Gasteiger partial charge on any atom is -0.376 e. The highest BCUT2D eigenvalue weighted by Gasteiger charge is 2.26. The maximum Gasteiger partial charge on any atom is 0.255 e. The summed E-state index contributed by atoms with van der Waals surface area (Å²) in [7, 11) is 1.83. The summed E-state index contributed by atoms with van der Waals surface area (Å²) in [5.74, 6) is -0.423. The van der Waals surface area contributed by atoms with Gasteiger partial charge in [0, 0.05) is 32.4 Å². The first-order valence-electron chi connectivity index (χ1n) is 9.88. The van der Waals surface area contributed by atoms with Gasteiger partial charge < -0.3 is 9.64 Å². The molecule has 1 saturated heterocycles. The third-order valence-electron chi connectivity index (χ3n) is 5.32. The van der Waals surface area contributed by atoms with E-state index in [1.807, 2.05) is 33.0 Å². The molecule has 1 fully saturated rings. The second-order valence-electron chi connectivity index (χ2n) is 7.67. The predicted octanol–water partition coefficient (Wildman–Crippen LogP) is 3.55. The number of ether oxygens (including phenoxy) is 1. The standard InChI is InChI=1S/C22H25FN4O2/c1-14-10-19(20-15(2)25-26(3)21(20)24-14)22(28)27(13-18-8-5-9-29-18)12-16-6-4-7-17(23)11-16/h4,6-7,10-11,18H,5,8-9,12-13H2,1-3H3/t18-/m1/s1. The van der Waals surface area contributed by atoms with Crippen LogP contribution in [-0.2, 0) is 18.3 Å². The Morgan fingerprint density at radius 3 is 2.90 bits per heavy atom. The van der Waals surface area contributed by atoms with Crippen LogP contribution >= 0.6 is 0 Å². The molecule has 3 aromatic rings. The molecule has 0 radical (unpaired) electrons. The van der Waals surface area contributed by atoms with Gasteiger partial charge >= 0.3 is 0 Å². The highest BCUT2D eigenvalue weighted by molar-refractivity contribution is 6.06. The summed E-state index contributed by atoms with van der Waals surface area (Å²) >= 11 is 0. The van der Waals surface area contributed by atoms with E-state index in [4.69, 9.17) is 4.74 Å². The van der Waals surface area contributed by atoms with Crippen molar-refractivity contribution in [1.29, 1.82) is 0 Å². The Bertz CT molecular complexity index is 1060. The molecule has 0 bridgehead atoms. The van der Waals surface area contributed by atoms with Crippen molar-refractivity contribution in [2.45, 2.75) is 39.3 Å². The van der Waals surface area contributed by atoms with Crippen LogP contribution in [0.4, 0.5) is 4.39 Å². The zero-order chi connectivity index (χ0) is 20.5. The molecule has 0 saturated carbocycles. The molecule has 29 heavy (non-hydrogen) atoms. The molecule has 0 N–H and O–H groups in total. The van der Waals surface area contributed by atoms with Gasteiger partial charge in [-0.3, -0.25) is 9.48 Å². The fourth-order valence-electron chi connectivity index (χ4n) is 4.02. The number of nitrogens with zero attached hydrogens (tertiary/aromatic N) is 4. The number of rotatable bonds is 5. The molecule has 0 aliphatic carbocycles. The van der Waals surface area contributed by atoms with Crippen molar-refractivity contribution in [3.05, 3.63) is 58.7 Å². The summed E-state index contributed by atoms with van der Waals surface area (Å²) < 4.78 is 21.2. The van der Waals surface area contributed by atoms with Gasteiger partial charge in [-0.25, -0.2) is 9.37 Å². The van der Waals surface area contributed by atoms with E-state index < -0.39 is 0 Å². The van der Waals surface area contributed by atoms with Crippen LogP contribution in [0.2, 0.25) is 0 Å². The monoisotopic (exact) mass is 396 g/mol. The van der Waals surface area contributed by atoms with E-state index in [2.05, 4.69) is 10.1 Å². The second kappa shape index (κ2) is 7.91. The van der Waals surface area contributed by atoms with Crippen molar-refractivity contribution in [2.24, 2.45) is 7.05 Å². The molecular formula is C22H25FN4O2. The summed E-state index contributed by atoms with van der Waals surface area (Å²) in [6, 6.07) is 8.19. The summed E-state index contributed by atoms with van der Waals surface area (Å²) in [6.45, 7) is 5.26. The molecule has 4 rings (SSSR count). The number of carbonyl (C=O) groups is 1. The van der Waals surface area contributed by atoms with E-state index in [-0.39, 0.29) is 17.8 Å². The van der Waals surface area contributed by atoms with E-state index in [0.29, 0.717) is 30.9 Å². The highest BCUT2D eigenvalue weighted by Crippen LogP contribution is 2.25. The Balaban J connectivity index is 1.73. The zero-order valence-electron chi connectivity index (χ0n) is 17.0. The Hall–Kier alpha value is -2.80. The second-order valence-corrected chi connectivity index (χ2v) is 7.67. The van der Waals surface area contributed by atoms with E-state index in [9.17, 15) is 9.18 Å². The molecule has 1 aliphatic heterocycles. The SMILES string of the molecule is Cc1cc(C(=O)N(Cc2cccc(F)c2)C[C@H]2CCCO2)c2c(C)nn(C)c2n1. The van der Waals surface area contributed by atoms with Gasteiger partial charge in [0.1, 0.15) is 5.82 Å². The largest absolute Gasteiger partial charge is 0.376 e. The van der Waals surface area contributed by atoms with Gasteiger partial charge in [-0.2, -0.15) is 5.10 Å². The topological polar surface area (TPSA) is 60.3 Å². The molecule has 7 heteroatoms. The molecule has 1 atom stereocenters. The smallest absolute Gasteiger partial charge is 0.255 e. The minimum atomic E-state index is -0.308. The lowest BCUT2D eigenvalue weighted by Crippen LogP contribution is -2.37. The lowest BCUT2D eigenvalue weighted by molar-refractivity contribution is 0.0508. The van der Waals surface area contributed by atoms with E-state index in [0.717, 1.165) is 35.2 Å². The third kappa shape index (κ3) is 4.00. The normalized spacial score (nSPS) is 16.5. The van der Waals surface area contributed by atoms with Crippen molar-refractivity contribution in [2.75, 3.05) is 13.2 Å². The number of pyridine rings is 1. The van der Waals surface area contributed by atoms with Gasteiger partial charge in [0.15, 0.2) is 5.65 Å². The maximum atomic E-state index is 13.7.